The van der Waals surface area contributed by atoms with E-state index in [0.29, 0.717) is 31.9 Å². The Balaban J connectivity index is 1.82. The van der Waals surface area contributed by atoms with Crippen LogP contribution in [0.15, 0.2) is 17.0 Å². The average molecular weight is 373 g/mol. The molecule has 2 fully saturated rings. The van der Waals surface area contributed by atoms with Crippen LogP contribution in [0.1, 0.15) is 18.5 Å². The molecule has 0 aliphatic carbocycles. The lowest BCUT2D eigenvalue weighted by Gasteiger charge is -2.40. The first-order valence-corrected chi connectivity index (χ1v) is 9.85. The second kappa shape index (κ2) is 6.95. The molecule has 0 saturated carbocycles. The number of nitrogens with zero attached hydrogens (tertiary/aromatic N) is 3. The maximum absolute atomic E-state index is 12.9. The van der Waals surface area contributed by atoms with Crippen LogP contribution in [0, 0.1) is 6.92 Å². The van der Waals surface area contributed by atoms with Crippen molar-refractivity contribution in [2.75, 3.05) is 32.7 Å². The minimum Gasteiger partial charge on any atom is -0.336 e. The van der Waals surface area contributed by atoms with E-state index in [2.05, 4.69) is 10.3 Å². The average Bonchev–Trinajstić information content (AvgIpc) is 2.55. The van der Waals surface area contributed by atoms with Crippen LogP contribution in [0.4, 0.5) is 0 Å². The number of nitrogens with one attached hydrogen (secondary N) is 1. The van der Waals surface area contributed by atoms with E-state index in [9.17, 15) is 13.2 Å². The van der Waals surface area contributed by atoms with Crippen LogP contribution in [-0.2, 0) is 14.8 Å². The van der Waals surface area contributed by atoms with Gasteiger partial charge in [0.25, 0.3) is 0 Å². The van der Waals surface area contributed by atoms with Crippen molar-refractivity contribution in [3.8, 4) is 0 Å². The number of rotatable bonds is 3. The zero-order chi connectivity index (χ0) is 17.3. The lowest BCUT2D eigenvalue weighted by molar-refractivity contribution is -0.135. The van der Waals surface area contributed by atoms with Crippen molar-refractivity contribution in [3.63, 3.8) is 0 Å². The molecular formula is C15H21ClN4O3S. The highest BCUT2D eigenvalue weighted by atomic mass is 35.5. The summed E-state index contributed by atoms with van der Waals surface area (Å²) in [6.45, 7) is 4.17. The van der Waals surface area contributed by atoms with Crippen LogP contribution in [-0.4, -0.2) is 67.3 Å². The molecule has 2 aliphatic heterocycles. The summed E-state index contributed by atoms with van der Waals surface area (Å²) in [5, 5.41) is 3.03. The highest BCUT2D eigenvalue weighted by Gasteiger charge is 2.36. The molecule has 0 bridgehead atoms. The van der Waals surface area contributed by atoms with Crippen LogP contribution >= 0.6 is 11.6 Å². The van der Waals surface area contributed by atoms with Crippen molar-refractivity contribution >= 4 is 27.5 Å². The maximum atomic E-state index is 12.9. The summed E-state index contributed by atoms with van der Waals surface area (Å²) in [6.07, 6.45) is 1.54. The molecule has 3 rings (SSSR count). The summed E-state index contributed by atoms with van der Waals surface area (Å²) in [5.74, 6) is 0.0283. The van der Waals surface area contributed by atoms with E-state index in [1.54, 1.807) is 17.9 Å². The quantitative estimate of drug-likeness (QED) is 0.787. The Morgan fingerprint density at radius 1 is 1.33 bits per heavy atom. The number of aromatic nitrogens is 1. The molecule has 0 spiro atoms. The fraction of sp³-hybridized carbons (Fsp3) is 0.600. The summed E-state index contributed by atoms with van der Waals surface area (Å²) in [5.41, 5.74) is 0.668. The summed E-state index contributed by atoms with van der Waals surface area (Å²) in [7, 11) is -3.71. The van der Waals surface area contributed by atoms with Gasteiger partial charge < -0.3 is 10.2 Å². The Kier molecular flexibility index (Phi) is 5.10. The third-order valence-corrected chi connectivity index (χ3v) is 6.79. The fourth-order valence-corrected chi connectivity index (χ4v) is 5.25. The van der Waals surface area contributed by atoms with Gasteiger partial charge >= 0.3 is 0 Å². The van der Waals surface area contributed by atoms with Crippen LogP contribution in [0.25, 0.3) is 0 Å². The molecule has 1 N–H and O–H groups in total. The molecule has 7 nitrogen and oxygen atoms in total. The third-order valence-electron chi connectivity index (χ3n) is 4.50. The zero-order valence-electron chi connectivity index (χ0n) is 13.5. The Morgan fingerprint density at radius 2 is 2.12 bits per heavy atom. The Morgan fingerprint density at radius 3 is 2.83 bits per heavy atom. The van der Waals surface area contributed by atoms with Gasteiger partial charge in [0.1, 0.15) is 10.0 Å². The molecular weight excluding hydrogens is 352 g/mol. The van der Waals surface area contributed by atoms with Crippen molar-refractivity contribution in [2.24, 2.45) is 0 Å². The van der Waals surface area contributed by atoms with Gasteiger partial charge in [0.15, 0.2) is 0 Å². The second-order valence-corrected chi connectivity index (χ2v) is 8.43. The molecule has 9 heteroatoms. The van der Waals surface area contributed by atoms with Gasteiger partial charge in [-0.05, 0) is 31.9 Å². The first-order chi connectivity index (χ1) is 11.4. The number of piperidine rings is 1. The first-order valence-electron chi connectivity index (χ1n) is 8.03. The number of amides is 1. The number of carbonyl (C=O) groups excluding carboxylic acids is 1. The van der Waals surface area contributed by atoms with Gasteiger partial charge in [0, 0.05) is 37.9 Å². The van der Waals surface area contributed by atoms with Crippen molar-refractivity contribution in [2.45, 2.75) is 30.7 Å². The minimum absolute atomic E-state index is 0.00428. The molecule has 1 amide bonds. The summed E-state index contributed by atoms with van der Waals surface area (Å²) >= 11 is 6.05. The van der Waals surface area contributed by atoms with Gasteiger partial charge in [-0.2, -0.15) is 4.31 Å². The topological polar surface area (TPSA) is 82.6 Å². The Hall–Kier alpha value is -1.22. The van der Waals surface area contributed by atoms with Crippen molar-refractivity contribution in [3.05, 3.63) is 23.0 Å². The molecule has 1 aromatic rings. The predicted octanol–water partition coefficient (Wildman–Crippen LogP) is 0.628. The number of sulfonamides is 1. The molecule has 1 atom stereocenters. The highest BCUT2D eigenvalue weighted by Crippen LogP contribution is 2.27. The van der Waals surface area contributed by atoms with E-state index in [-0.39, 0.29) is 22.0 Å². The van der Waals surface area contributed by atoms with Gasteiger partial charge in [-0.15, -0.1) is 0 Å². The first kappa shape index (κ1) is 17.6. The monoisotopic (exact) mass is 372 g/mol. The number of pyridine rings is 1. The molecule has 132 valence electrons. The zero-order valence-corrected chi connectivity index (χ0v) is 15.1. The molecule has 3 heterocycles. The SMILES string of the molecule is Cc1ccc(S(=O)(=O)N2CCCC(N3CCNCC3=O)C2)c(Cl)n1. The van der Waals surface area contributed by atoms with Crippen LogP contribution in [0.5, 0.6) is 0 Å². The van der Waals surface area contributed by atoms with Crippen molar-refractivity contribution in [1.29, 1.82) is 0 Å². The lowest BCUT2D eigenvalue weighted by atomic mass is 10.1. The summed E-state index contributed by atoms with van der Waals surface area (Å²) < 4.78 is 27.3. The molecule has 2 aliphatic rings. The fourth-order valence-electron chi connectivity index (χ4n) is 3.24. The van der Waals surface area contributed by atoms with Gasteiger partial charge in [0.05, 0.1) is 6.54 Å². The van der Waals surface area contributed by atoms with Gasteiger partial charge in [-0.1, -0.05) is 11.6 Å². The Bertz CT molecular complexity index is 740. The number of carbonyl (C=O) groups is 1. The van der Waals surface area contributed by atoms with Gasteiger partial charge in [-0.3, -0.25) is 4.79 Å². The second-order valence-electron chi connectivity index (χ2n) is 6.16. The standard InChI is InChI=1S/C15H21ClN4O3S/c1-11-4-5-13(15(16)18-11)24(22,23)19-7-2-3-12(10-19)20-8-6-17-9-14(20)21/h4-5,12,17H,2-3,6-10H2,1H3. The number of hydrogen-bond acceptors (Lipinski definition) is 5. The molecule has 2 saturated heterocycles. The smallest absolute Gasteiger partial charge is 0.246 e. The van der Waals surface area contributed by atoms with E-state index in [0.717, 1.165) is 19.4 Å². The van der Waals surface area contributed by atoms with Gasteiger partial charge in [-0.25, -0.2) is 13.4 Å². The molecule has 1 aromatic heterocycles. The lowest BCUT2D eigenvalue weighted by Crippen LogP contribution is -2.57. The summed E-state index contributed by atoms with van der Waals surface area (Å²) in [4.78, 5) is 17.9. The van der Waals surface area contributed by atoms with Crippen molar-refractivity contribution < 1.29 is 13.2 Å². The van der Waals surface area contributed by atoms with Crippen molar-refractivity contribution in [1.82, 2.24) is 19.5 Å². The predicted molar refractivity (Wildman–Crippen MR) is 90.3 cm³/mol. The molecule has 1 unspecified atom stereocenters. The van der Waals surface area contributed by atoms with Gasteiger partial charge in [0.2, 0.25) is 15.9 Å². The third kappa shape index (κ3) is 3.42. The van der Waals surface area contributed by atoms with E-state index in [1.807, 2.05) is 0 Å². The normalized spacial score (nSPS) is 23.5. The minimum atomic E-state index is -3.71. The maximum Gasteiger partial charge on any atom is 0.246 e. The van der Waals surface area contributed by atoms with E-state index in [4.69, 9.17) is 11.6 Å². The van der Waals surface area contributed by atoms with E-state index >= 15 is 0 Å². The molecule has 0 radical (unpaired) electrons. The molecule has 24 heavy (non-hydrogen) atoms. The number of aryl methyl sites for hydroxylation is 1. The van der Waals surface area contributed by atoms with Crippen LogP contribution < -0.4 is 5.32 Å². The van der Waals surface area contributed by atoms with Crippen LogP contribution in [0.2, 0.25) is 5.15 Å². The van der Waals surface area contributed by atoms with Crippen LogP contribution in [0.3, 0.4) is 0 Å². The summed E-state index contributed by atoms with van der Waals surface area (Å²) in [6, 6.07) is 3.06. The Labute approximate surface area is 147 Å². The highest BCUT2D eigenvalue weighted by molar-refractivity contribution is 7.89. The largest absolute Gasteiger partial charge is 0.336 e. The number of piperazine rings is 1. The molecule has 0 aromatic carbocycles. The number of halogens is 1. The number of hydrogen-bond donors (Lipinski definition) is 1. The van der Waals surface area contributed by atoms with E-state index in [1.165, 1.54) is 10.4 Å². The van der Waals surface area contributed by atoms with E-state index < -0.39 is 10.0 Å².